The van der Waals surface area contributed by atoms with E-state index in [0.29, 0.717) is 30.3 Å². The SMILES string of the molecule is COc1ccc2[nH]cc(C3CCN(C(=O)c4cnn(-c5ccc([N+](=O)[O-])cc5)c4)CC3)c2c1. The third-order valence-corrected chi connectivity index (χ3v) is 6.30. The molecule has 168 valence electrons. The minimum absolute atomic E-state index is 0.0127. The highest BCUT2D eigenvalue weighted by molar-refractivity contribution is 5.94. The molecule has 0 aliphatic carbocycles. The van der Waals surface area contributed by atoms with Crippen molar-refractivity contribution in [3.05, 3.63) is 82.3 Å². The van der Waals surface area contributed by atoms with Crippen molar-refractivity contribution in [3.63, 3.8) is 0 Å². The number of hydrogen-bond donors (Lipinski definition) is 1. The van der Waals surface area contributed by atoms with E-state index in [1.54, 1.807) is 36.3 Å². The lowest BCUT2D eigenvalue weighted by atomic mass is 9.89. The Morgan fingerprint density at radius 1 is 1.18 bits per heavy atom. The molecule has 1 amide bonds. The topological polar surface area (TPSA) is 106 Å². The van der Waals surface area contributed by atoms with Gasteiger partial charge in [-0.3, -0.25) is 14.9 Å². The molecule has 9 heteroatoms. The first-order valence-corrected chi connectivity index (χ1v) is 10.8. The lowest BCUT2D eigenvalue weighted by Crippen LogP contribution is -2.37. The normalized spacial score (nSPS) is 14.5. The van der Waals surface area contributed by atoms with Crippen molar-refractivity contribution in [3.8, 4) is 11.4 Å². The minimum Gasteiger partial charge on any atom is -0.497 e. The minimum atomic E-state index is -0.446. The number of ether oxygens (including phenoxy) is 1. The van der Waals surface area contributed by atoms with E-state index in [0.717, 1.165) is 24.1 Å². The Morgan fingerprint density at radius 2 is 1.94 bits per heavy atom. The summed E-state index contributed by atoms with van der Waals surface area (Å²) in [4.78, 5) is 28.6. The number of nitro groups is 1. The Kier molecular flexibility index (Phi) is 5.29. The van der Waals surface area contributed by atoms with E-state index in [-0.39, 0.29) is 11.6 Å². The summed E-state index contributed by atoms with van der Waals surface area (Å²) in [5, 5.41) is 16.3. The smallest absolute Gasteiger partial charge is 0.269 e. The summed E-state index contributed by atoms with van der Waals surface area (Å²) in [6.45, 7) is 1.34. The van der Waals surface area contributed by atoms with Crippen molar-refractivity contribution in [2.75, 3.05) is 20.2 Å². The molecule has 0 spiro atoms. The van der Waals surface area contributed by atoms with E-state index in [4.69, 9.17) is 4.74 Å². The highest BCUT2D eigenvalue weighted by atomic mass is 16.6. The average molecular weight is 445 g/mol. The standard InChI is InChI=1S/C24H23N5O4/c1-33-20-6-7-23-21(12-20)22(14-25-23)16-8-10-27(11-9-16)24(30)17-13-26-28(15-17)18-2-4-19(5-3-18)29(31)32/h2-7,12-16,25H,8-11H2,1H3. The molecule has 0 atom stereocenters. The number of aromatic amines is 1. The van der Waals surface area contributed by atoms with Gasteiger partial charge in [-0.05, 0) is 54.7 Å². The number of aromatic nitrogens is 3. The number of likely N-dealkylation sites (tertiary alicyclic amines) is 1. The molecule has 1 saturated heterocycles. The van der Waals surface area contributed by atoms with Crippen LogP contribution in [-0.4, -0.2) is 50.7 Å². The van der Waals surface area contributed by atoms with Crippen LogP contribution in [0, 0.1) is 10.1 Å². The molecular weight excluding hydrogens is 422 g/mol. The second-order valence-electron chi connectivity index (χ2n) is 8.17. The maximum atomic E-state index is 13.0. The van der Waals surface area contributed by atoms with Crippen LogP contribution in [-0.2, 0) is 0 Å². The maximum Gasteiger partial charge on any atom is 0.269 e. The van der Waals surface area contributed by atoms with Crippen LogP contribution in [0.3, 0.4) is 0 Å². The Hall–Kier alpha value is -4.14. The first-order valence-electron chi connectivity index (χ1n) is 10.8. The quantitative estimate of drug-likeness (QED) is 0.364. The molecule has 0 unspecified atom stereocenters. The molecule has 9 nitrogen and oxygen atoms in total. The van der Waals surface area contributed by atoms with Gasteiger partial charge in [-0.15, -0.1) is 0 Å². The van der Waals surface area contributed by atoms with Gasteiger partial charge in [0, 0.05) is 48.5 Å². The number of hydrogen-bond acceptors (Lipinski definition) is 5. The molecule has 1 N–H and O–H groups in total. The van der Waals surface area contributed by atoms with Gasteiger partial charge in [0.1, 0.15) is 5.75 Å². The molecular formula is C24H23N5O4. The number of nitro benzene ring substituents is 1. The summed E-state index contributed by atoms with van der Waals surface area (Å²) in [5.41, 5.74) is 3.53. The summed E-state index contributed by atoms with van der Waals surface area (Å²) < 4.78 is 6.94. The van der Waals surface area contributed by atoms with Crippen molar-refractivity contribution in [2.24, 2.45) is 0 Å². The number of fused-ring (bicyclic) bond motifs is 1. The molecule has 0 bridgehead atoms. The van der Waals surface area contributed by atoms with Gasteiger partial charge in [0.2, 0.25) is 0 Å². The Bertz CT molecular complexity index is 1320. The molecule has 0 saturated carbocycles. The summed E-state index contributed by atoms with van der Waals surface area (Å²) in [6.07, 6.45) is 7.04. The number of non-ortho nitro benzene ring substituents is 1. The van der Waals surface area contributed by atoms with Crippen LogP contribution >= 0.6 is 0 Å². The van der Waals surface area contributed by atoms with Crippen molar-refractivity contribution in [1.29, 1.82) is 0 Å². The number of carbonyl (C=O) groups is 1. The van der Waals surface area contributed by atoms with Crippen LogP contribution in [0.1, 0.15) is 34.7 Å². The number of benzene rings is 2. The number of piperidine rings is 1. The van der Waals surface area contributed by atoms with Crippen molar-refractivity contribution in [1.82, 2.24) is 19.7 Å². The molecule has 1 aliphatic heterocycles. The number of amides is 1. The fraction of sp³-hybridized carbons (Fsp3) is 0.250. The predicted octanol–water partition coefficient (Wildman–Crippen LogP) is 4.29. The Balaban J connectivity index is 1.26. The molecule has 2 aromatic carbocycles. The van der Waals surface area contributed by atoms with E-state index >= 15 is 0 Å². The maximum absolute atomic E-state index is 13.0. The molecule has 4 aromatic rings. The number of carbonyl (C=O) groups excluding carboxylic acids is 1. The average Bonchev–Trinajstić information content (AvgIpc) is 3.51. The predicted molar refractivity (Wildman–Crippen MR) is 123 cm³/mol. The van der Waals surface area contributed by atoms with Crippen LogP contribution in [0.5, 0.6) is 5.75 Å². The lowest BCUT2D eigenvalue weighted by Gasteiger charge is -2.31. The Morgan fingerprint density at radius 3 is 2.64 bits per heavy atom. The van der Waals surface area contributed by atoms with E-state index in [1.165, 1.54) is 23.1 Å². The van der Waals surface area contributed by atoms with E-state index < -0.39 is 4.92 Å². The van der Waals surface area contributed by atoms with Crippen molar-refractivity contribution in [2.45, 2.75) is 18.8 Å². The zero-order valence-electron chi connectivity index (χ0n) is 18.1. The molecule has 1 aliphatic rings. The summed E-state index contributed by atoms with van der Waals surface area (Å²) in [7, 11) is 1.67. The van der Waals surface area contributed by atoms with Crippen LogP contribution in [0.25, 0.3) is 16.6 Å². The highest BCUT2D eigenvalue weighted by Gasteiger charge is 2.27. The van der Waals surface area contributed by atoms with Crippen LogP contribution in [0.4, 0.5) is 5.69 Å². The van der Waals surface area contributed by atoms with Gasteiger partial charge in [0.15, 0.2) is 0 Å². The summed E-state index contributed by atoms with van der Waals surface area (Å²) >= 11 is 0. The second-order valence-corrected chi connectivity index (χ2v) is 8.17. The largest absolute Gasteiger partial charge is 0.497 e. The molecule has 33 heavy (non-hydrogen) atoms. The lowest BCUT2D eigenvalue weighted by molar-refractivity contribution is -0.384. The summed E-state index contributed by atoms with van der Waals surface area (Å²) in [5.74, 6) is 1.15. The van der Waals surface area contributed by atoms with Gasteiger partial charge in [0.05, 0.1) is 29.5 Å². The van der Waals surface area contributed by atoms with Gasteiger partial charge in [-0.25, -0.2) is 4.68 Å². The van der Waals surface area contributed by atoms with Crippen molar-refractivity contribution < 1.29 is 14.5 Å². The fourth-order valence-corrected chi connectivity index (χ4v) is 4.46. The molecule has 0 radical (unpaired) electrons. The van der Waals surface area contributed by atoms with E-state index in [1.807, 2.05) is 17.0 Å². The zero-order chi connectivity index (χ0) is 22.9. The monoisotopic (exact) mass is 445 g/mol. The molecule has 2 aromatic heterocycles. The number of H-pyrrole nitrogens is 1. The van der Waals surface area contributed by atoms with E-state index in [9.17, 15) is 14.9 Å². The molecule has 1 fully saturated rings. The van der Waals surface area contributed by atoms with Crippen LogP contribution in [0.2, 0.25) is 0 Å². The highest BCUT2D eigenvalue weighted by Crippen LogP contribution is 2.35. The Labute approximate surface area is 189 Å². The number of methoxy groups -OCH3 is 1. The van der Waals surface area contributed by atoms with Gasteiger partial charge >= 0.3 is 0 Å². The van der Waals surface area contributed by atoms with Crippen molar-refractivity contribution >= 4 is 22.5 Å². The van der Waals surface area contributed by atoms with Gasteiger partial charge in [-0.2, -0.15) is 5.10 Å². The van der Waals surface area contributed by atoms with Crippen LogP contribution < -0.4 is 4.74 Å². The number of nitrogens with zero attached hydrogens (tertiary/aromatic N) is 4. The van der Waals surface area contributed by atoms with E-state index in [2.05, 4.69) is 22.3 Å². The van der Waals surface area contributed by atoms with Gasteiger partial charge < -0.3 is 14.6 Å². The fourth-order valence-electron chi connectivity index (χ4n) is 4.46. The first kappa shape index (κ1) is 20.7. The van der Waals surface area contributed by atoms with Gasteiger partial charge in [0.25, 0.3) is 11.6 Å². The second kappa shape index (κ2) is 8.42. The third kappa shape index (κ3) is 3.93. The third-order valence-electron chi connectivity index (χ3n) is 6.30. The summed E-state index contributed by atoms with van der Waals surface area (Å²) in [6, 6.07) is 12.1. The molecule has 5 rings (SSSR count). The zero-order valence-corrected chi connectivity index (χ0v) is 18.1. The molecule has 3 heterocycles. The first-order chi connectivity index (χ1) is 16.0. The number of nitrogens with one attached hydrogen (secondary N) is 1. The number of rotatable bonds is 5. The van der Waals surface area contributed by atoms with Crippen LogP contribution in [0.15, 0.2) is 61.1 Å². The van der Waals surface area contributed by atoms with Gasteiger partial charge in [-0.1, -0.05) is 0 Å².